The molecule has 0 spiro atoms. The van der Waals surface area contributed by atoms with Crippen LogP contribution in [0.3, 0.4) is 0 Å². The molecule has 0 bridgehead atoms. The molecule has 0 aromatic heterocycles. The van der Waals surface area contributed by atoms with Crippen LogP contribution < -0.4 is 20.1 Å². The first-order valence-corrected chi connectivity index (χ1v) is 11.2. The molecule has 1 fully saturated rings. The lowest BCUT2D eigenvalue weighted by Gasteiger charge is -2.25. The lowest BCUT2D eigenvalue weighted by Crippen LogP contribution is -2.47. The highest BCUT2D eigenvalue weighted by atomic mass is 16.5. The van der Waals surface area contributed by atoms with Gasteiger partial charge in [-0.05, 0) is 38.8 Å². The molecule has 1 saturated heterocycles. The van der Waals surface area contributed by atoms with Crippen molar-refractivity contribution < 1.29 is 23.9 Å². The number of fused-ring (bicyclic) bond motifs is 1. The summed E-state index contributed by atoms with van der Waals surface area (Å²) < 4.78 is 11.6. The molecule has 0 radical (unpaired) electrons. The number of hydrogen-bond acceptors (Lipinski definition) is 5. The normalized spacial score (nSPS) is 19.1. The summed E-state index contributed by atoms with van der Waals surface area (Å²) in [5, 5.41) is 5.64. The Kier molecular flexibility index (Phi) is 7.08. The monoisotopic (exact) mass is 431 g/mol. The lowest BCUT2D eigenvalue weighted by atomic mass is 9.88. The standard InChI is InChI=1S/C23H33N3O5/c1-5-8-23(9-6-2)21(28)26(22(29)25-23)14-20(27)24-13-17-12-19-16(10-15(4)31-19)11-18(17)30-7-3/h11-12,15H,5-10,13-14H2,1-4H3,(H,24,27)(H,25,29)/t15-/m1/s1. The lowest BCUT2D eigenvalue weighted by molar-refractivity contribution is -0.135. The van der Waals surface area contributed by atoms with E-state index in [9.17, 15) is 14.4 Å². The molecule has 2 aliphatic heterocycles. The first kappa shape index (κ1) is 22.9. The zero-order valence-corrected chi connectivity index (χ0v) is 18.9. The second kappa shape index (κ2) is 9.58. The predicted molar refractivity (Wildman–Crippen MR) is 116 cm³/mol. The molecule has 8 heteroatoms. The third-order valence-electron chi connectivity index (χ3n) is 5.76. The molecule has 2 heterocycles. The van der Waals surface area contributed by atoms with E-state index in [0.717, 1.165) is 41.0 Å². The molecule has 0 saturated carbocycles. The van der Waals surface area contributed by atoms with E-state index in [0.29, 0.717) is 25.2 Å². The maximum absolute atomic E-state index is 13.0. The Hall–Kier alpha value is -2.77. The highest BCUT2D eigenvalue weighted by molar-refractivity contribution is 6.09. The third-order valence-corrected chi connectivity index (χ3v) is 5.76. The van der Waals surface area contributed by atoms with Crippen LogP contribution in [0, 0.1) is 0 Å². The largest absolute Gasteiger partial charge is 0.494 e. The van der Waals surface area contributed by atoms with Crippen LogP contribution in [0.1, 0.15) is 64.5 Å². The van der Waals surface area contributed by atoms with Crippen LogP contribution in [0.2, 0.25) is 0 Å². The van der Waals surface area contributed by atoms with Gasteiger partial charge in [0.05, 0.1) is 6.61 Å². The Bertz CT molecular complexity index is 848. The van der Waals surface area contributed by atoms with Gasteiger partial charge in [-0.1, -0.05) is 26.7 Å². The maximum Gasteiger partial charge on any atom is 0.325 e. The number of hydrogen-bond donors (Lipinski definition) is 2. The second-order valence-electron chi connectivity index (χ2n) is 8.31. The van der Waals surface area contributed by atoms with E-state index in [4.69, 9.17) is 9.47 Å². The molecule has 4 amide bonds. The Labute approximate surface area is 183 Å². The van der Waals surface area contributed by atoms with Gasteiger partial charge < -0.3 is 20.1 Å². The highest BCUT2D eigenvalue weighted by Gasteiger charge is 2.50. The minimum atomic E-state index is -0.892. The number of nitrogens with one attached hydrogen (secondary N) is 2. The van der Waals surface area contributed by atoms with Crippen molar-refractivity contribution in [2.24, 2.45) is 0 Å². The second-order valence-corrected chi connectivity index (χ2v) is 8.31. The topological polar surface area (TPSA) is 97.0 Å². The zero-order valence-electron chi connectivity index (χ0n) is 18.9. The van der Waals surface area contributed by atoms with Gasteiger partial charge >= 0.3 is 6.03 Å². The van der Waals surface area contributed by atoms with E-state index in [1.807, 2.05) is 39.8 Å². The molecule has 1 aromatic carbocycles. The number of rotatable bonds is 10. The quantitative estimate of drug-likeness (QED) is 0.555. The molecule has 1 aromatic rings. The van der Waals surface area contributed by atoms with Crippen LogP contribution in [-0.2, 0) is 22.6 Å². The van der Waals surface area contributed by atoms with E-state index in [-0.39, 0.29) is 25.1 Å². The molecule has 8 nitrogen and oxygen atoms in total. The van der Waals surface area contributed by atoms with Crippen molar-refractivity contribution in [2.45, 2.75) is 78.0 Å². The molecule has 170 valence electrons. The Morgan fingerprint density at radius 2 is 1.97 bits per heavy atom. The average molecular weight is 432 g/mol. The molecular formula is C23H33N3O5. The fraction of sp³-hybridized carbons (Fsp3) is 0.609. The summed E-state index contributed by atoms with van der Waals surface area (Å²) in [7, 11) is 0. The number of carbonyl (C=O) groups excluding carboxylic acids is 3. The van der Waals surface area contributed by atoms with Gasteiger partial charge in [-0.25, -0.2) is 4.79 Å². The predicted octanol–water partition coefficient (Wildman–Crippen LogP) is 2.92. The number of amides is 4. The first-order valence-electron chi connectivity index (χ1n) is 11.2. The van der Waals surface area contributed by atoms with Crippen LogP contribution in [0.5, 0.6) is 11.5 Å². The van der Waals surface area contributed by atoms with Gasteiger partial charge in [0.1, 0.15) is 29.7 Å². The van der Waals surface area contributed by atoms with Gasteiger partial charge in [-0.15, -0.1) is 0 Å². The fourth-order valence-electron chi connectivity index (χ4n) is 4.44. The van der Waals surface area contributed by atoms with Crippen molar-refractivity contribution in [3.63, 3.8) is 0 Å². The molecule has 31 heavy (non-hydrogen) atoms. The Morgan fingerprint density at radius 3 is 2.61 bits per heavy atom. The summed E-state index contributed by atoms with van der Waals surface area (Å²) >= 11 is 0. The van der Waals surface area contributed by atoms with Crippen LogP contribution in [0.15, 0.2) is 12.1 Å². The summed E-state index contributed by atoms with van der Waals surface area (Å²) in [6.45, 7) is 8.30. The minimum absolute atomic E-state index is 0.112. The van der Waals surface area contributed by atoms with Crippen molar-refractivity contribution >= 4 is 17.8 Å². The zero-order chi connectivity index (χ0) is 22.6. The van der Waals surface area contributed by atoms with E-state index < -0.39 is 17.5 Å². The van der Waals surface area contributed by atoms with Crippen LogP contribution in [-0.4, -0.2) is 47.5 Å². The smallest absolute Gasteiger partial charge is 0.325 e. The molecule has 3 rings (SSSR count). The van der Waals surface area contributed by atoms with Crippen molar-refractivity contribution in [3.05, 3.63) is 23.3 Å². The Balaban J connectivity index is 1.66. The van der Waals surface area contributed by atoms with Crippen molar-refractivity contribution in [1.29, 1.82) is 0 Å². The summed E-state index contributed by atoms with van der Waals surface area (Å²) in [5.41, 5.74) is 0.997. The van der Waals surface area contributed by atoms with Crippen LogP contribution in [0.4, 0.5) is 4.79 Å². The molecule has 2 N–H and O–H groups in total. The van der Waals surface area contributed by atoms with E-state index in [1.54, 1.807) is 0 Å². The summed E-state index contributed by atoms with van der Waals surface area (Å²) in [6, 6.07) is 3.35. The Morgan fingerprint density at radius 1 is 1.26 bits per heavy atom. The van der Waals surface area contributed by atoms with Gasteiger partial charge in [0.25, 0.3) is 5.91 Å². The molecule has 0 unspecified atom stereocenters. The molecule has 2 aliphatic rings. The summed E-state index contributed by atoms with van der Waals surface area (Å²) in [6.07, 6.45) is 3.60. The molecule has 1 atom stereocenters. The third kappa shape index (κ3) is 4.78. The SMILES string of the molecule is CCCC1(CCC)NC(=O)N(CC(=O)NCc2cc3c(cc2OCC)C[C@@H](C)O3)C1=O. The van der Waals surface area contributed by atoms with Gasteiger partial charge in [-0.2, -0.15) is 0 Å². The number of imide groups is 1. The van der Waals surface area contributed by atoms with Gasteiger partial charge in [0, 0.05) is 24.1 Å². The maximum atomic E-state index is 13.0. The van der Waals surface area contributed by atoms with Gasteiger partial charge in [0.2, 0.25) is 5.91 Å². The number of carbonyl (C=O) groups is 3. The van der Waals surface area contributed by atoms with E-state index in [2.05, 4.69) is 10.6 Å². The van der Waals surface area contributed by atoms with Gasteiger partial charge in [0.15, 0.2) is 0 Å². The van der Waals surface area contributed by atoms with Crippen molar-refractivity contribution in [2.75, 3.05) is 13.2 Å². The molecular weight excluding hydrogens is 398 g/mol. The average Bonchev–Trinajstić information content (AvgIpc) is 3.18. The fourth-order valence-corrected chi connectivity index (χ4v) is 4.44. The number of urea groups is 1. The number of benzene rings is 1. The molecule has 0 aliphatic carbocycles. The number of nitrogens with zero attached hydrogens (tertiary/aromatic N) is 1. The highest BCUT2D eigenvalue weighted by Crippen LogP contribution is 2.35. The van der Waals surface area contributed by atoms with Crippen molar-refractivity contribution in [1.82, 2.24) is 15.5 Å². The van der Waals surface area contributed by atoms with E-state index >= 15 is 0 Å². The van der Waals surface area contributed by atoms with Crippen LogP contribution in [0.25, 0.3) is 0 Å². The van der Waals surface area contributed by atoms with Crippen LogP contribution >= 0.6 is 0 Å². The summed E-state index contributed by atoms with van der Waals surface area (Å²) in [5.74, 6) is 0.799. The number of ether oxygens (including phenoxy) is 2. The summed E-state index contributed by atoms with van der Waals surface area (Å²) in [4.78, 5) is 39.0. The van der Waals surface area contributed by atoms with E-state index in [1.165, 1.54) is 0 Å². The van der Waals surface area contributed by atoms with Gasteiger partial charge in [-0.3, -0.25) is 14.5 Å². The minimum Gasteiger partial charge on any atom is -0.494 e. The first-order chi connectivity index (χ1) is 14.8. The van der Waals surface area contributed by atoms with Crippen molar-refractivity contribution in [3.8, 4) is 11.5 Å².